The maximum atomic E-state index is 6.55. The monoisotopic (exact) mass is 1930 g/mol. The van der Waals surface area contributed by atoms with Gasteiger partial charge in [0.05, 0.1) is 14.7 Å². The minimum Gasteiger partial charge on any atom is -0.455 e. The molecule has 0 radical (unpaired) electrons. The van der Waals surface area contributed by atoms with Crippen molar-refractivity contribution >= 4 is 340 Å². The summed E-state index contributed by atoms with van der Waals surface area (Å²) in [7, 11) is 0. The van der Waals surface area contributed by atoms with Crippen molar-refractivity contribution in [1.82, 2.24) is 0 Å². The Morgan fingerprint density at radius 3 is 1.50 bits per heavy atom. The van der Waals surface area contributed by atoms with Crippen LogP contribution in [0.3, 0.4) is 0 Å². The normalized spacial score (nSPS) is 11.7. The minimum absolute atomic E-state index is 0.716. The molecule has 6 aromatic heterocycles. The van der Waals surface area contributed by atoms with Crippen LogP contribution in [0.5, 0.6) is 0 Å². The van der Waals surface area contributed by atoms with Gasteiger partial charge in [0.25, 0.3) is 0 Å². The summed E-state index contributed by atoms with van der Waals surface area (Å²) in [6, 6.07) is 104. The van der Waals surface area contributed by atoms with Crippen molar-refractivity contribution in [2.75, 3.05) is 0 Å². The number of thiophene rings is 4. The average Bonchev–Trinajstić information content (AvgIpc) is 1.57. The molecule has 2 nitrogen and oxygen atoms in total. The summed E-state index contributed by atoms with van der Waals surface area (Å²) in [6.07, 6.45) is 0. The Morgan fingerprint density at radius 1 is 0.232 bits per heavy atom. The van der Waals surface area contributed by atoms with E-state index < -0.39 is 0 Å². The zero-order valence-electron chi connectivity index (χ0n) is 58.1. The fourth-order valence-corrected chi connectivity index (χ4v) is 24.1. The molecular weight excluding hydrogens is 1890 g/mol. The van der Waals surface area contributed by atoms with Crippen molar-refractivity contribution in [3.63, 3.8) is 0 Å². The lowest BCUT2D eigenvalue weighted by atomic mass is 9.95. The van der Waals surface area contributed by atoms with E-state index >= 15 is 0 Å². The van der Waals surface area contributed by atoms with Crippen molar-refractivity contribution in [2.45, 2.75) is 0 Å². The largest absolute Gasteiger partial charge is 0.455 e. The van der Waals surface area contributed by atoms with E-state index in [1.165, 1.54) is 130 Å². The first-order valence-corrected chi connectivity index (χ1v) is 44.5. The van der Waals surface area contributed by atoms with E-state index in [0.29, 0.717) is 5.02 Å². The zero-order chi connectivity index (χ0) is 76.2. The molecule has 112 heavy (non-hydrogen) atoms. The van der Waals surface area contributed by atoms with Gasteiger partial charge in [0, 0.05) is 152 Å². The summed E-state index contributed by atoms with van der Waals surface area (Å²) in [6.45, 7) is 0. The van der Waals surface area contributed by atoms with Gasteiger partial charge in [-0.3, -0.25) is 0 Å². The molecule has 0 bridgehead atoms. The second-order valence-electron chi connectivity index (χ2n) is 26.9. The quantitative estimate of drug-likeness (QED) is 0.176. The lowest BCUT2D eigenvalue weighted by Gasteiger charge is -2.09. The fraction of sp³-hybridized carbons (Fsp3) is 0. The molecule has 23 rings (SSSR count). The Labute approximate surface area is 724 Å². The van der Waals surface area contributed by atoms with Crippen LogP contribution < -0.4 is 0 Å². The maximum absolute atomic E-state index is 6.55. The van der Waals surface area contributed by atoms with Crippen molar-refractivity contribution in [3.05, 3.63) is 351 Å². The summed E-state index contributed by atoms with van der Waals surface area (Å²) >= 11 is 56.7. The van der Waals surface area contributed by atoms with E-state index in [2.05, 4.69) is 298 Å². The van der Waals surface area contributed by atoms with Crippen LogP contribution in [0.15, 0.2) is 335 Å². The Kier molecular flexibility index (Phi) is 20.4. The molecule has 0 atom stereocenters. The Morgan fingerprint density at radius 2 is 0.759 bits per heavy atom. The molecule has 540 valence electrons. The smallest absolute Gasteiger partial charge is 0.143 e. The molecule has 0 aliphatic heterocycles. The van der Waals surface area contributed by atoms with Crippen molar-refractivity contribution in [2.24, 2.45) is 0 Å². The van der Waals surface area contributed by atoms with Gasteiger partial charge < -0.3 is 8.83 Å². The van der Waals surface area contributed by atoms with Crippen molar-refractivity contribution in [3.8, 4) is 33.4 Å². The maximum Gasteiger partial charge on any atom is 0.143 e. The standard InChI is InChI=1S/C28H14BrClOS.C18H10BrClO.C18H10BrClS.2C16H8BrClS/c29-16-11-12-19-24(14-16)32-28-21(13-15-5-1-2-6-17(15)25(19)28)18-7-3-8-20-26-22(30)9-4-10-23(26)31-27(18)20;19-15-5-2-6-16-17(15)14-4-1-3-13(18(14)21-16)11-7-9-12(20)10-8-11;19-15-2-1-3-17-18(15)14-10-12(6-9-16(14)21-17)11-4-7-13(20)8-5-11;17-12-7-3-6-11-14-13(18)8-9-4-1-2-5-10(9)16(14)19-15(11)12;17-13-7-9-3-1-2-4-11(9)15-12-8-10(18)5-6-14(12)19-16(13)15/h1-14H;2*1-10H;2*1-8H. The van der Waals surface area contributed by atoms with Gasteiger partial charge in [-0.25, -0.2) is 0 Å². The molecule has 0 amide bonds. The molecule has 0 N–H and O–H groups in total. The molecule has 23 aromatic rings. The molecule has 0 aliphatic carbocycles. The first-order valence-electron chi connectivity index (χ1n) is 35.4. The minimum atomic E-state index is 0.716. The van der Waals surface area contributed by atoms with Crippen LogP contribution in [0.2, 0.25) is 25.1 Å². The third kappa shape index (κ3) is 13.6. The second kappa shape index (κ2) is 30.9. The number of para-hydroxylation sites is 2. The van der Waals surface area contributed by atoms with E-state index in [-0.39, 0.29) is 0 Å². The van der Waals surface area contributed by atoms with Crippen LogP contribution in [-0.2, 0) is 0 Å². The van der Waals surface area contributed by atoms with Crippen molar-refractivity contribution in [1.29, 1.82) is 0 Å². The predicted molar refractivity (Wildman–Crippen MR) is 511 cm³/mol. The number of hydrogen-bond donors (Lipinski definition) is 0. The molecule has 16 heteroatoms. The summed E-state index contributed by atoms with van der Waals surface area (Å²) in [5.41, 5.74) is 10.4. The van der Waals surface area contributed by atoms with E-state index in [1.54, 1.807) is 22.7 Å². The summed E-state index contributed by atoms with van der Waals surface area (Å²) in [5, 5.41) is 25.7. The van der Waals surface area contributed by atoms with Crippen LogP contribution in [0.4, 0.5) is 0 Å². The van der Waals surface area contributed by atoms with Gasteiger partial charge in [0.15, 0.2) is 0 Å². The predicted octanol–water partition coefficient (Wildman–Crippen LogP) is 37.2. The Balaban J connectivity index is 0.0000000959. The molecular formula is C96H50Br5Cl5O2S4. The Bertz CT molecular complexity index is 7720. The van der Waals surface area contributed by atoms with Crippen LogP contribution in [0.25, 0.3) is 190 Å². The number of rotatable bonds is 3. The van der Waals surface area contributed by atoms with Gasteiger partial charge in [0.1, 0.15) is 22.3 Å². The first-order chi connectivity index (χ1) is 54.6. The van der Waals surface area contributed by atoms with E-state index in [0.717, 1.165) is 103 Å². The summed E-state index contributed by atoms with van der Waals surface area (Å²) < 4.78 is 28.3. The van der Waals surface area contributed by atoms with Gasteiger partial charge in [-0.05, 0) is 208 Å². The lowest BCUT2D eigenvalue weighted by molar-refractivity contribution is 0.669. The number of halogens is 10. The molecule has 0 saturated carbocycles. The van der Waals surface area contributed by atoms with Gasteiger partial charge in [-0.15, -0.1) is 45.3 Å². The SMILES string of the molecule is Clc1cc2ccccc2c2sc3c(Br)cccc3c12.Clc1ccc(-c2ccc3sc4cccc(Br)c4c3c2)cc1.Clc1ccc(-c2cccc3c2oc2cccc(Br)c23)cc1.Clc1ccc2sc3c(Br)cc4ccccc4c3c2c1.Clc1cccc2oc3c(-c4cc5ccccc5c5c4sc4cc(Br)ccc45)cccc3c12. The van der Waals surface area contributed by atoms with Gasteiger partial charge >= 0.3 is 0 Å². The fourth-order valence-electron chi connectivity index (χ4n) is 15.2. The third-order valence-electron chi connectivity index (χ3n) is 20.2. The number of hydrogen-bond acceptors (Lipinski definition) is 6. The van der Waals surface area contributed by atoms with Gasteiger partial charge in [-0.2, -0.15) is 0 Å². The molecule has 0 saturated heterocycles. The molecule has 0 unspecified atom stereocenters. The van der Waals surface area contributed by atoms with E-state index in [9.17, 15) is 0 Å². The summed E-state index contributed by atoms with van der Waals surface area (Å²) in [5.74, 6) is 0. The van der Waals surface area contributed by atoms with Gasteiger partial charge in [0.2, 0.25) is 0 Å². The van der Waals surface area contributed by atoms with Gasteiger partial charge in [-0.1, -0.05) is 282 Å². The highest BCUT2D eigenvalue weighted by Crippen LogP contribution is 2.51. The first kappa shape index (κ1) is 74.0. The highest BCUT2D eigenvalue weighted by Gasteiger charge is 2.22. The molecule has 6 heterocycles. The Hall–Kier alpha value is -8.15. The molecule has 0 fully saturated rings. The molecule has 0 aliphatic rings. The summed E-state index contributed by atoms with van der Waals surface area (Å²) in [4.78, 5) is 0. The van der Waals surface area contributed by atoms with Crippen LogP contribution >= 0.6 is 183 Å². The second-order valence-corrected chi connectivity index (χ2v) is 37.5. The van der Waals surface area contributed by atoms with Crippen LogP contribution in [0, 0.1) is 0 Å². The average molecular weight is 1940 g/mol. The highest BCUT2D eigenvalue weighted by atomic mass is 79.9. The van der Waals surface area contributed by atoms with Crippen molar-refractivity contribution < 1.29 is 8.83 Å². The number of furan rings is 2. The number of fused-ring (bicyclic) bond motifs is 24. The molecule has 0 spiro atoms. The third-order valence-corrected chi connectivity index (χ3v) is 30.0. The van der Waals surface area contributed by atoms with E-state index in [1.807, 2.05) is 108 Å². The lowest BCUT2D eigenvalue weighted by Crippen LogP contribution is -1.82. The van der Waals surface area contributed by atoms with E-state index in [4.69, 9.17) is 66.8 Å². The topological polar surface area (TPSA) is 26.3 Å². The molecule has 17 aromatic carbocycles. The van der Waals surface area contributed by atoms with Crippen LogP contribution in [-0.4, -0.2) is 0 Å². The zero-order valence-corrected chi connectivity index (χ0v) is 73.1. The highest BCUT2D eigenvalue weighted by molar-refractivity contribution is 9.11. The number of benzene rings is 17. The van der Waals surface area contributed by atoms with Crippen LogP contribution in [0.1, 0.15) is 0 Å².